The van der Waals surface area contributed by atoms with Crippen LogP contribution in [0.4, 0.5) is 17.3 Å². The fourth-order valence-electron chi connectivity index (χ4n) is 2.54. The molecule has 0 atom stereocenters. The number of aryl methyl sites for hydroxylation is 2. The van der Waals surface area contributed by atoms with Gasteiger partial charge in [0.05, 0.1) is 0 Å². The van der Waals surface area contributed by atoms with E-state index in [9.17, 15) is 9.59 Å². The molecule has 3 rings (SSSR count). The number of carbonyl (C=O) groups excluding carboxylic acids is 2. The van der Waals surface area contributed by atoms with E-state index < -0.39 is 0 Å². The van der Waals surface area contributed by atoms with Gasteiger partial charge in [-0.15, -0.1) is 5.10 Å². The quantitative estimate of drug-likeness (QED) is 0.535. The minimum atomic E-state index is -0.204. The van der Waals surface area contributed by atoms with E-state index in [-0.39, 0.29) is 24.2 Å². The fourth-order valence-corrected chi connectivity index (χ4v) is 2.54. The third kappa shape index (κ3) is 5.15. The number of rotatable bonds is 6. The largest absolute Gasteiger partial charge is 0.367 e. The monoisotopic (exact) mass is 364 g/mol. The molecule has 8 heteroatoms. The van der Waals surface area contributed by atoms with Gasteiger partial charge in [0, 0.05) is 29.8 Å². The van der Waals surface area contributed by atoms with Gasteiger partial charge in [0.15, 0.2) is 0 Å². The van der Waals surface area contributed by atoms with Crippen LogP contribution >= 0.6 is 0 Å². The maximum absolute atomic E-state index is 12.3. The molecule has 0 saturated carbocycles. The van der Waals surface area contributed by atoms with Gasteiger partial charge >= 0.3 is 0 Å². The Morgan fingerprint density at radius 1 is 1.07 bits per heavy atom. The average Bonchev–Trinajstić information content (AvgIpc) is 3.06. The van der Waals surface area contributed by atoms with Gasteiger partial charge in [-0.1, -0.05) is 23.8 Å². The molecule has 27 heavy (non-hydrogen) atoms. The maximum Gasteiger partial charge on any atom is 0.255 e. The highest BCUT2D eigenvalue weighted by Crippen LogP contribution is 2.17. The molecule has 0 radical (unpaired) electrons. The Balaban J connectivity index is 1.58. The normalized spacial score (nSPS) is 10.4. The molecule has 3 aromatic rings. The van der Waals surface area contributed by atoms with E-state index in [0.29, 0.717) is 29.2 Å². The number of nitrogen functional groups attached to an aromatic ring is 1. The van der Waals surface area contributed by atoms with Crippen LogP contribution in [0, 0.1) is 6.92 Å². The number of nitrogens with zero attached hydrogens (tertiary/aromatic N) is 2. The van der Waals surface area contributed by atoms with E-state index in [1.807, 2.05) is 25.1 Å². The molecule has 0 aliphatic carbocycles. The van der Waals surface area contributed by atoms with Gasteiger partial charge < -0.3 is 16.4 Å². The van der Waals surface area contributed by atoms with Crippen molar-refractivity contribution in [3.63, 3.8) is 0 Å². The average molecular weight is 364 g/mol. The molecule has 0 aliphatic heterocycles. The Labute approximate surface area is 156 Å². The molecular formula is C19H20N6O2. The maximum atomic E-state index is 12.3. The first-order chi connectivity index (χ1) is 13.0. The molecule has 0 fully saturated rings. The molecule has 2 aromatic carbocycles. The van der Waals surface area contributed by atoms with Crippen molar-refractivity contribution in [1.82, 2.24) is 15.2 Å². The number of H-pyrrole nitrogens is 1. The molecule has 1 aromatic heterocycles. The molecule has 0 spiro atoms. The predicted octanol–water partition coefficient (Wildman–Crippen LogP) is 2.52. The summed E-state index contributed by atoms with van der Waals surface area (Å²) in [6.07, 6.45) is 0.633. The zero-order chi connectivity index (χ0) is 19.2. The Kier molecular flexibility index (Phi) is 5.46. The lowest BCUT2D eigenvalue weighted by Crippen LogP contribution is -2.14. The van der Waals surface area contributed by atoms with Gasteiger partial charge in [-0.3, -0.25) is 14.7 Å². The number of aromatic amines is 1. The number of benzene rings is 2. The van der Waals surface area contributed by atoms with E-state index >= 15 is 0 Å². The third-order valence-electron chi connectivity index (χ3n) is 3.82. The van der Waals surface area contributed by atoms with Crippen molar-refractivity contribution >= 4 is 29.1 Å². The number of hydrogen-bond acceptors (Lipinski definition) is 5. The molecular weight excluding hydrogens is 344 g/mol. The van der Waals surface area contributed by atoms with Crippen LogP contribution in [0.1, 0.15) is 28.2 Å². The first-order valence-corrected chi connectivity index (χ1v) is 8.44. The Morgan fingerprint density at radius 2 is 1.81 bits per heavy atom. The standard InChI is InChI=1S/C19H20N6O2/c1-12-4-2-5-13(10-12)18(27)22-15-7-3-6-14(11-15)21-17(26)9-8-16-23-19(20)25-24-16/h2-7,10-11H,8-9H2,1H3,(H,21,26)(H,22,27)(H3,20,23,24,25). The number of anilines is 3. The molecule has 138 valence electrons. The third-order valence-corrected chi connectivity index (χ3v) is 3.82. The Morgan fingerprint density at radius 3 is 2.52 bits per heavy atom. The van der Waals surface area contributed by atoms with E-state index in [2.05, 4.69) is 25.8 Å². The minimum absolute atomic E-state index is 0.155. The van der Waals surface area contributed by atoms with Crippen molar-refractivity contribution in [2.75, 3.05) is 16.4 Å². The summed E-state index contributed by atoms with van der Waals surface area (Å²) in [5.41, 5.74) is 8.21. The van der Waals surface area contributed by atoms with E-state index in [1.165, 1.54) is 0 Å². The van der Waals surface area contributed by atoms with Crippen molar-refractivity contribution in [1.29, 1.82) is 0 Å². The van der Waals surface area contributed by atoms with Crippen LogP contribution < -0.4 is 16.4 Å². The summed E-state index contributed by atoms with van der Waals surface area (Å²) >= 11 is 0. The highest BCUT2D eigenvalue weighted by atomic mass is 16.2. The lowest BCUT2D eigenvalue weighted by molar-refractivity contribution is -0.116. The lowest BCUT2D eigenvalue weighted by Gasteiger charge is -2.09. The molecule has 0 saturated heterocycles. The van der Waals surface area contributed by atoms with Crippen LogP contribution in [0.25, 0.3) is 0 Å². The van der Waals surface area contributed by atoms with Gasteiger partial charge in [0.2, 0.25) is 11.9 Å². The second kappa shape index (κ2) is 8.13. The summed E-state index contributed by atoms with van der Waals surface area (Å²) in [4.78, 5) is 28.4. The summed E-state index contributed by atoms with van der Waals surface area (Å²) in [5.74, 6) is 0.335. The second-order valence-electron chi connectivity index (χ2n) is 6.09. The first-order valence-electron chi connectivity index (χ1n) is 8.44. The summed E-state index contributed by atoms with van der Waals surface area (Å²) in [6.45, 7) is 1.93. The number of hydrogen-bond donors (Lipinski definition) is 4. The second-order valence-corrected chi connectivity index (χ2v) is 6.09. The predicted molar refractivity (Wildman–Crippen MR) is 103 cm³/mol. The van der Waals surface area contributed by atoms with Crippen molar-refractivity contribution in [2.24, 2.45) is 0 Å². The minimum Gasteiger partial charge on any atom is -0.367 e. The van der Waals surface area contributed by atoms with Gasteiger partial charge in [-0.05, 0) is 37.3 Å². The smallest absolute Gasteiger partial charge is 0.255 e. The van der Waals surface area contributed by atoms with Crippen LogP contribution in [0.5, 0.6) is 0 Å². The summed E-state index contributed by atoms with van der Waals surface area (Å²) in [5, 5.41) is 12.0. The fraction of sp³-hybridized carbons (Fsp3) is 0.158. The molecule has 8 nitrogen and oxygen atoms in total. The SMILES string of the molecule is Cc1cccc(C(=O)Nc2cccc(NC(=O)CCc3nc(N)n[nH]3)c2)c1. The molecule has 2 amide bonds. The van der Waals surface area contributed by atoms with E-state index in [4.69, 9.17) is 5.73 Å². The number of carbonyl (C=O) groups is 2. The summed E-state index contributed by atoms with van der Waals surface area (Å²) in [6, 6.07) is 14.3. The lowest BCUT2D eigenvalue weighted by atomic mass is 10.1. The van der Waals surface area contributed by atoms with Crippen LogP contribution in [-0.2, 0) is 11.2 Å². The highest BCUT2D eigenvalue weighted by Gasteiger charge is 2.09. The number of nitrogens with two attached hydrogens (primary N) is 1. The molecule has 0 unspecified atom stereocenters. The van der Waals surface area contributed by atoms with Crippen LogP contribution in [0.15, 0.2) is 48.5 Å². The number of aromatic nitrogens is 3. The number of amides is 2. The van der Waals surface area contributed by atoms with Crippen molar-refractivity contribution in [3.05, 3.63) is 65.5 Å². The first kappa shape index (κ1) is 18.1. The van der Waals surface area contributed by atoms with Gasteiger partial charge in [0.25, 0.3) is 5.91 Å². The zero-order valence-electron chi connectivity index (χ0n) is 14.8. The van der Waals surface area contributed by atoms with Crippen molar-refractivity contribution < 1.29 is 9.59 Å². The summed E-state index contributed by atoms with van der Waals surface area (Å²) < 4.78 is 0. The van der Waals surface area contributed by atoms with Crippen molar-refractivity contribution in [3.8, 4) is 0 Å². The zero-order valence-corrected chi connectivity index (χ0v) is 14.8. The van der Waals surface area contributed by atoms with Crippen molar-refractivity contribution in [2.45, 2.75) is 19.8 Å². The Bertz CT molecular complexity index is 966. The van der Waals surface area contributed by atoms with Crippen LogP contribution in [0.3, 0.4) is 0 Å². The number of nitrogens with one attached hydrogen (secondary N) is 3. The summed E-state index contributed by atoms with van der Waals surface area (Å²) in [7, 11) is 0. The molecule has 5 N–H and O–H groups in total. The van der Waals surface area contributed by atoms with Gasteiger partial charge in [-0.2, -0.15) is 4.98 Å². The van der Waals surface area contributed by atoms with Crippen LogP contribution in [-0.4, -0.2) is 27.0 Å². The highest BCUT2D eigenvalue weighted by molar-refractivity contribution is 6.04. The van der Waals surface area contributed by atoms with Gasteiger partial charge in [0.1, 0.15) is 5.82 Å². The molecule has 0 aliphatic rings. The van der Waals surface area contributed by atoms with E-state index in [0.717, 1.165) is 5.56 Å². The van der Waals surface area contributed by atoms with E-state index in [1.54, 1.807) is 30.3 Å². The Hall–Kier alpha value is -3.68. The molecule has 0 bridgehead atoms. The topological polar surface area (TPSA) is 126 Å². The molecule has 1 heterocycles. The van der Waals surface area contributed by atoms with Crippen LogP contribution in [0.2, 0.25) is 0 Å². The van der Waals surface area contributed by atoms with Gasteiger partial charge in [-0.25, -0.2) is 0 Å².